The lowest BCUT2D eigenvalue weighted by atomic mass is 9.83. The minimum atomic E-state index is -0.0787. The summed E-state index contributed by atoms with van der Waals surface area (Å²) >= 11 is 0. The van der Waals surface area contributed by atoms with E-state index in [1.54, 1.807) is 0 Å². The first-order valence-electron chi connectivity index (χ1n) is 15.2. The standard InChI is InChI=1S/C42H35NO/c1-42(2,3)40-38-22-10-11-23-39(38)44-41(40)34-18-13-21-37(29-34)43(35-19-8-5-9-20-35)36-26-24-31(25-27-36)33-17-12-16-32(28-33)30-14-6-4-7-15-30/h4-29H,1-3H3. The van der Waals surface area contributed by atoms with Crippen molar-refractivity contribution < 1.29 is 4.42 Å². The summed E-state index contributed by atoms with van der Waals surface area (Å²) in [7, 11) is 0. The minimum Gasteiger partial charge on any atom is -0.456 e. The number of rotatable bonds is 6. The Labute approximate surface area is 259 Å². The molecule has 44 heavy (non-hydrogen) atoms. The lowest BCUT2D eigenvalue weighted by Gasteiger charge is -2.26. The number of para-hydroxylation sites is 2. The van der Waals surface area contributed by atoms with Crippen LogP contribution in [0.3, 0.4) is 0 Å². The van der Waals surface area contributed by atoms with Gasteiger partial charge >= 0.3 is 0 Å². The van der Waals surface area contributed by atoms with E-state index in [2.05, 4.69) is 177 Å². The van der Waals surface area contributed by atoms with Crippen molar-refractivity contribution in [2.24, 2.45) is 0 Å². The normalized spacial score (nSPS) is 11.5. The van der Waals surface area contributed by atoms with Crippen LogP contribution in [0.5, 0.6) is 0 Å². The molecule has 0 unspecified atom stereocenters. The maximum Gasteiger partial charge on any atom is 0.139 e. The van der Waals surface area contributed by atoms with Crippen molar-refractivity contribution in [1.29, 1.82) is 0 Å². The fraction of sp³-hybridized carbons (Fsp3) is 0.0952. The highest BCUT2D eigenvalue weighted by atomic mass is 16.3. The number of anilines is 3. The SMILES string of the molecule is CC(C)(C)c1c(-c2cccc(N(c3ccccc3)c3ccc(-c4cccc(-c5ccccc5)c4)cc3)c2)oc2ccccc12. The van der Waals surface area contributed by atoms with Crippen molar-refractivity contribution in [3.63, 3.8) is 0 Å². The Hall–Kier alpha value is -5.34. The number of hydrogen-bond acceptors (Lipinski definition) is 2. The molecule has 0 spiro atoms. The predicted molar refractivity (Wildman–Crippen MR) is 186 cm³/mol. The molecule has 0 N–H and O–H groups in total. The highest BCUT2D eigenvalue weighted by Crippen LogP contribution is 2.43. The summed E-state index contributed by atoms with van der Waals surface area (Å²) in [6, 6.07) is 55.8. The smallest absolute Gasteiger partial charge is 0.139 e. The van der Waals surface area contributed by atoms with Gasteiger partial charge in [0.25, 0.3) is 0 Å². The van der Waals surface area contributed by atoms with E-state index >= 15 is 0 Å². The van der Waals surface area contributed by atoms with Crippen LogP contribution in [0.1, 0.15) is 26.3 Å². The van der Waals surface area contributed by atoms with Crippen molar-refractivity contribution in [2.45, 2.75) is 26.2 Å². The Morgan fingerprint density at radius 3 is 1.66 bits per heavy atom. The third-order valence-electron chi connectivity index (χ3n) is 8.15. The predicted octanol–water partition coefficient (Wildman–Crippen LogP) is 12.2. The van der Waals surface area contributed by atoms with E-state index in [0.717, 1.165) is 34.0 Å². The fourth-order valence-corrected chi connectivity index (χ4v) is 6.12. The monoisotopic (exact) mass is 569 g/mol. The number of hydrogen-bond donors (Lipinski definition) is 0. The zero-order chi connectivity index (χ0) is 30.1. The summed E-state index contributed by atoms with van der Waals surface area (Å²) < 4.78 is 6.55. The highest BCUT2D eigenvalue weighted by Gasteiger charge is 2.26. The average molecular weight is 570 g/mol. The molecule has 0 bridgehead atoms. The molecule has 0 aliphatic carbocycles. The molecule has 0 fully saturated rings. The highest BCUT2D eigenvalue weighted by molar-refractivity contribution is 5.90. The Balaban J connectivity index is 1.30. The van der Waals surface area contributed by atoms with Crippen LogP contribution in [0.25, 0.3) is 44.5 Å². The van der Waals surface area contributed by atoms with Gasteiger partial charge in [0.2, 0.25) is 0 Å². The molecule has 0 aliphatic rings. The van der Waals surface area contributed by atoms with Gasteiger partial charge in [-0.3, -0.25) is 0 Å². The molecule has 0 amide bonds. The topological polar surface area (TPSA) is 16.4 Å². The van der Waals surface area contributed by atoms with Crippen molar-refractivity contribution in [3.05, 3.63) is 163 Å². The van der Waals surface area contributed by atoms with Crippen LogP contribution in [0.2, 0.25) is 0 Å². The number of fused-ring (bicyclic) bond motifs is 1. The molecule has 0 atom stereocenters. The molecule has 214 valence electrons. The first kappa shape index (κ1) is 27.5. The number of furan rings is 1. The van der Waals surface area contributed by atoms with Crippen molar-refractivity contribution in [2.75, 3.05) is 4.90 Å². The van der Waals surface area contributed by atoms with Crippen LogP contribution in [0.4, 0.5) is 17.1 Å². The van der Waals surface area contributed by atoms with Gasteiger partial charge in [-0.05, 0) is 76.2 Å². The van der Waals surface area contributed by atoms with Gasteiger partial charge in [-0.25, -0.2) is 0 Å². The lowest BCUT2D eigenvalue weighted by molar-refractivity contribution is 0.568. The van der Waals surface area contributed by atoms with Crippen molar-refractivity contribution >= 4 is 28.0 Å². The van der Waals surface area contributed by atoms with Crippen LogP contribution < -0.4 is 4.90 Å². The van der Waals surface area contributed by atoms with E-state index in [1.165, 1.54) is 33.2 Å². The fourth-order valence-electron chi connectivity index (χ4n) is 6.12. The van der Waals surface area contributed by atoms with Gasteiger partial charge in [-0.1, -0.05) is 130 Å². The summed E-state index contributed by atoms with van der Waals surface area (Å²) in [6.07, 6.45) is 0. The second-order valence-corrected chi connectivity index (χ2v) is 12.3. The molecule has 7 aromatic rings. The lowest BCUT2D eigenvalue weighted by Crippen LogP contribution is -2.12. The van der Waals surface area contributed by atoms with Gasteiger partial charge in [0, 0.05) is 33.6 Å². The maximum absolute atomic E-state index is 6.55. The minimum absolute atomic E-state index is 0.0787. The first-order chi connectivity index (χ1) is 21.5. The molecule has 0 saturated carbocycles. The van der Waals surface area contributed by atoms with Gasteiger partial charge < -0.3 is 9.32 Å². The second kappa shape index (κ2) is 11.4. The largest absolute Gasteiger partial charge is 0.456 e. The molecule has 0 aliphatic heterocycles. The Morgan fingerprint density at radius 2 is 0.955 bits per heavy atom. The summed E-state index contributed by atoms with van der Waals surface area (Å²) in [4.78, 5) is 2.31. The van der Waals surface area contributed by atoms with E-state index in [0.29, 0.717) is 0 Å². The van der Waals surface area contributed by atoms with Crippen LogP contribution in [0, 0.1) is 0 Å². The second-order valence-electron chi connectivity index (χ2n) is 12.3. The molecule has 2 heteroatoms. The molecule has 1 aromatic heterocycles. The van der Waals surface area contributed by atoms with Crippen LogP contribution in [0.15, 0.2) is 162 Å². The number of nitrogens with zero attached hydrogens (tertiary/aromatic N) is 1. The van der Waals surface area contributed by atoms with Gasteiger partial charge in [0.15, 0.2) is 0 Å². The zero-order valence-corrected chi connectivity index (χ0v) is 25.4. The summed E-state index contributed by atoms with van der Waals surface area (Å²) in [5.41, 5.74) is 11.2. The van der Waals surface area contributed by atoms with Gasteiger partial charge in [0.1, 0.15) is 11.3 Å². The van der Waals surface area contributed by atoms with E-state index in [4.69, 9.17) is 4.42 Å². The van der Waals surface area contributed by atoms with E-state index in [9.17, 15) is 0 Å². The van der Waals surface area contributed by atoms with Crippen LogP contribution in [-0.2, 0) is 5.41 Å². The molecule has 0 radical (unpaired) electrons. The Morgan fingerprint density at radius 1 is 0.432 bits per heavy atom. The summed E-state index contributed by atoms with van der Waals surface area (Å²) in [6.45, 7) is 6.76. The molecule has 7 rings (SSSR count). The van der Waals surface area contributed by atoms with E-state index in [-0.39, 0.29) is 5.41 Å². The molecular formula is C42H35NO. The van der Waals surface area contributed by atoms with Gasteiger partial charge in [-0.2, -0.15) is 0 Å². The van der Waals surface area contributed by atoms with E-state index < -0.39 is 0 Å². The molecule has 2 nitrogen and oxygen atoms in total. The molecule has 6 aromatic carbocycles. The average Bonchev–Trinajstić information content (AvgIpc) is 3.47. The van der Waals surface area contributed by atoms with Crippen LogP contribution >= 0.6 is 0 Å². The zero-order valence-electron chi connectivity index (χ0n) is 25.4. The molecule has 1 heterocycles. The quantitative estimate of drug-likeness (QED) is 0.198. The van der Waals surface area contributed by atoms with E-state index in [1.807, 2.05) is 6.07 Å². The summed E-state index contributed by atoms with van der Waals surface area (Å²) in [5, 5.41) is 1.17. The van der Waals surface area contributed by atoms with Gasteiger partial charge in [0.05, 0.1) is 0 Å². The Bertz CT molecular complexity index is 2030. The van der Waals surface area contributed by atoms with Crippen molar-refractivity contribution in [3.8, 4) is 33.6 Å². The third kappa shape index (κ3) is 5.31. The Kier molecular flexibility index (Phi) is 7.12. The molecular weight excluding hydrogens is 534 g/mol. The maximum atomic E-state index is 6.55. The number of benzene rings is 6. The van der Waals surface area contributed by atoms with Gasteiger partial charge in [-0.15, -0.1) is 0 Å². The first-order valence-corrected chi connectivity index (χ1v) is 15.2. The van der Waals surface area contributed by atoms with Crippen LogP contribution in [-0.4, -0.2) is 0 Å². The molecule has 0 saturated heterocycles. The third-order valence-corrected chi connectivity index (χ3v) is 8.15. The summed E-state index contributed by atoms with van der Waals surface area (Å²) in [5.74, 6) is 0.933. The van der Waals surface area contributed by atoms with Crippen molar-refractivity contribution in [1.82, 2.24) is 0 Å².